The van der Waals surface area contributed by atoms with E-state index < -0.39 is 227 Å². The van der Waals surface area contributed by atoms with Gasteiger partial charge in [-0.1, -0.05) is 43.6 Å². The van der Waals surface area contributed by atoms with Gasteiger partial charge in [-0.25, -0.2) is 4.79 Å². The number of carbonyl (C=O) groups is 9. The van der Waals surface area contributed by atoms with Crippen LogP contribution in [0.2, 0.25) is 5.02 Å². The van der Waals surface area contributed by atoms with Gasteiger partial charge >= 0.3 is 6.03 Å². The van der Waals surface area contributed by atoms with Crippen LogP contribution in [0.25, 0.3) is 11.1 Å². The van der Waals surface area contributed by atoms with Crippen LogP contribution in [0.15, 0.2) is 103 Å². The number of aromatic hydroxyl groups is 3. The van der Waals surface area contributed by atoms with Crippen molar-refractivity contribution in [3.63, 3.8) is 0 Å². The van der Waals surface area contributed by atoms with E-state index in [0.29, 0.717) is 17.6 Å². The Labute approximate surface area is 716 Å². The number of anilines is 1. The van der Waals surface area contributed by atoms with Crippen LogP contribution < -0.4 is 83.6 Å². The van der Waals surface area contributed by atoms with E-state index in [0.717, 1.165) is 80.6 Å². The largest absolute Gasteiger partial charge is 0.508 e. The highest BCUT2D eigenvalue weighted by atomic mass is 35.5. The Balaban J connectivity index is 0.959. The van der Waals surface area contributed by atoms with Crippen LogP contribution >= 0.6 is 11.6 Å². The highest BCUT2D eigenvalue weighted by Gasteiger charge is 2.53. The van der Waals surface area contributed by atoms with Crippen molar-refractivity contribution in [2.45, 2.75) is 201 Å². The van der Waals surface area contributed by atoms with Crippen LogP contribution in [0.3, 0.4) is 0 Å². The Bertz CT molecular complexity index is 5050. The first-order valence-electron chi connectivity index (χ1n) is 41.1. The van der Waals surface area contributed by atoms with E-state index in [1.54, 1.807) is 0 Å². The molecule has 6 aromatic carbocycles. The van der Waals surface area contributed by atoms with Crippen LogP contribution in [-0.4, -0.2) is 211 Å². The number of hydrogen-bond acceptors (Lipinski definition) is 28. The number of nitrogens with one attached hydrogen (secondary N) is 10. The first-order valence-corrected chi connectivity index (χ1v) is 41.5. The number of likely N-dealkylation sites (N-methyl/N-ethyl adjacent to an activating group) is 1. The molecular formula is C86H103ClN12O25. The Morgan fingerprint density at radius 3 is 1.98 bits per heavy atom. The summed E-state index contributed by atoms with van der Waals surface area (Å²) in [6, 6.07) is 5.22. The molecule has 4 aliphatic carbocycles. The van der Waals surface area contributed by atoms with Crippen molar-refractivity contribution in [1.29, 1.82) is 0 Å². The second kappa shape index (κ2) is 37.0. The van der Waals surface area contributed by atoms with E-state index in [2.05, 4.69) is 53.2 Å². The molecule has 0 radical (unpaired) electrons. The number of aliphatic hydroxyl groups is 6. The van der Waals surface area contributed by atoms with Gasteiger partial charge in [-0.15, -0.1) is 0 Å². The number of halogens is 1. The first kappa shape index (κ1) is 89.2. The van der Waals surface area contributed by atoms with Gasteiger partial charge in [0.25, 0.3) is 0 Å². The van der Waals surface area contributed by atoms with Gasteiger partial charge in [0.05, 0.1) is 36.3 Å². The lowest BCUT2D eigenvalue weighted by Gasteiger charge is -2.54. The molecule has 17 rings (SSSR count). The van der Waals surface area contributed by atoms with Crippen LogP contribution in [0, 0.1) is 36.5 Å². The van der Waals surface area contributed by atoms with Crippen molar-refractivity contribution in [2.75, 3.05) is 32.1 Å². The second-order valence-corrected chi connectivity index (χ2v) is 34.3. The molecule has 664 valence electrons. The third-order valence-corrected chi connectivity index (χ3v) is 24.6. The molecular weight excluding hydrogens is 1640 g/mol. The number of carbonyl (C=O) groups excluding carboxylic acids is 9. The predicted molar refractivity (Wildman–Crippen MR) is 439 cm³/mol. The summed E-state index contributed by atoms with van der Waals surface area (Å²) in [6.07, 6.45) is -14.3. The molecule has 38 heteroatoms. The summed E-state index contributed by atoms with van der Waals surface area (Å²) in [5, 5.41) is 133. The number of fused-ring (bicyclic) bond motifs is 15. The molecule has 4 saturated carbocycles. The third-order valence-electron chi connectivity index (χ3n) is 24.3. The molecule has 15 bridgehead atoms. The molecule has 23 N–H and O–H groups in total. The lowest BCUT2D eigenvalue weighted by Crippen LogP contribution is -2.64. The summed E-state index contributed by atoms with van der Waals surface area (Å²) in [7, 11) is 1.49. The fourth-order valence-electron chi connectivity index (χ4n) is 18.2. The van der Waals surface area contributed by atoms with Gasteiger partial charge in [0.2, 0.25) is 59.3 Å². The van der Waals surface area contributed by atoms with Gasteiger partial charge in [-0.05, 0) is 208 Å². The molecule has 7 aliphatic heterocycles. The van der Waals surface area contributed by atoms with E-state index >= 15 is 28.8 Å². The minimum atomic E-state index is -2.40. The zero-order valence-corrected chi connectivity index (χ0v) is 69.2. The van der Waals surface area contributed by atoms with Crippen LogP contribution in [0.5, 0.6) is 51.7 Å². The number of benzene rings is 6. The summed E-state index contributed by atoms with van der Waals surface area (Å²) in [5.41, 5.74) is 8.99. The summed E-state index contributed by atoms with van der Waals surface area (Å²) < 4.78 is 44.8. The number of phenolic OH excluding ortho intramolecular Hbond substituents is 3. The molecule has 11 aliphatic rings. The van der Waals surface area contributed by atoms with Crippen molar-refractivity contribution < 1.29 is 122 Å². The average Bonchev–Trinajstić information content (AvgIpc) is 0.754. The maximum atomic E-state index is 16.7. The monoisotopic (exact) mass is 1740 g/mol. The zero-order chi connectivity index (χ0) is 88.8. The zero-order valence-electron chi connectivity index (χ0n) is 68.5. The number of urea groups is 1. The third kappa shape index (κ3) is 19.1. The Hall–Kier alpha value is -11.0. The number of phenols is 3. The van der Waals surface area contributed by atoms with Crippen LogP contribution in [0.1, 0.15) is 143 Å². The van der Waals surface area contributed by atoms with Crippen molar-refractivity contribution in [2.24, 2.45) is 41.1 Å². The van der Waals surface area contributed by atoms with Gasteiger partial charge in [-0.2, -0.15) is 0 Å². The highest BCUT2D eigenvalue weighted by Crippen LogP contribution is 2.55. The summed E-state index contributed by atoms with van der Waals surface area (Å²) in [6.45, 7) is 7.58. The molecule has 124 heavy (non-hydrogen) atoms. The average molecular weight is 1740 g/mol. The van der Waals surface area contributed by atoms with Gasteiger partial charge in [0.15, 0.2) is 23.9 Å². The van der Waals surface area contributed by atoms with E-state index in [-0.39, 0.29) is 99.9 Å². The molecule has 6 fully saturated rings. The molecule has 6 aromatic rings. The summed E-state index contributed by atoms with van der Waals surface area (Å²) in [5.74, 6) is -12.8. The fraction of sp³-hybridized carbons (Fsp3) is 0.477. The number of hydrogen-bond donors (Lipinski definition) is 21. The summed E-state index contributed by atoms with van der Waals surface area (Å²) in [4.78, 5) is 139. The van der Waals surface area contributed by atoms with Crippen LogP contribution in [0.4, 0.5) is 10.5 Å². The maximum Gasteiger partial charge on any atom is 0.325 e. The van der Waals surface area contributed by atoms with Gasteiger partial charge in [0, 0.05) is 47.4 Å². The number of rotatable bonds is 18. The topological polar surface area (TPSA) is 573 Å². The quantitative estimate of drug-likeness (QED) is 0.0588. The molecule has 0 spiro atoms. The van der Waals surface area contributed by atoms with E-state index in [9.17, 15) is 60.3 Å². The van der Waals surface area contributed by atoms with E-state index in [4.69, 9.17) is 56.2 Å². The minimum absolute atomic E-state index is 0.0563. The Morgan fingerprint density at radius 2 is 1.33 bits per heavy atom. The number of nitrogens with two attached hydrogens (primary N) is 2. The number of aliphatic hydroxyl groups excluding tert-OH is 6. The van der Waals surface area contributed by atoms with Gasteiger partial charge in [0.1, 0.15) is 108 Å². The molecule has 0 unspecified atom stereocenters. The molecule has 10 amide bonds. The predicted octanol–water partition coefficient (Wildman–Crippen LogP) is 2.82. The molecule has 7 heterocycles. The van der Waals surface area contributed by atoms with E-state index in [1.165, 1.54) is 82.4 Å². The van der Waals surface area contributed by atoms with Crippen molar-refractivity contribution >= 4 is 70.6 Å². The van der Waals surface area contributed by atoms with Gasteiger partial charge in [-0.3, -0.25) is 43.7 Å². The standard InChI is InChI=1S/C86H103ClN12O25/c1-35(2)19-52(90-6)77(110)98-68-70(105)41-8-15-56(36(3)20-41)120-58-28-45-29-59(74(58)124-84-75(73(108)72(107)60(34-100)122-84)123-62-33-86(5,89)76(109)37(4)119-62)121-57-16-9-42(27-51(57)87)71(106)69-83(116)97-67(81(114)94-64-43-22-38-21-39(24-43)25-44(64)23-38)50-30-47(101)31-55(103)63(50)49-26-40(7-14-54(49)102)65(79(112)99-69)96-80(113)66(45)95-78(111)53(92-82(68)115)32-61(104)93-85(117)91-46-10-12-48(13-11-46)118-18-17-88/h7-16,20,26-31,35,37-39,43-44,52-53,60,62,64-73,75-76,84,90,100-103,105-109H,17-19,21-25,32-34,88-89H2,1-6H3,(H,92,115)(H,94,114)(H,95,111)(H,96,113)(H,97,116)(H,98,110)(H,99,112)(H2,91,93,104,117)/t37-,38?,39?,43?,44?,52+,53-,60+,62-,64?,65+,66+,67-,68+,69-,70+,71+,72+,73-,75+,76+,84-,86-/m0/s1. The number of imide groups is 1. The Kier molecular flexibility index (Phi) is 26.6. The molecule has 0 aromatic heterocycles. The number of ether oxygens (including phenoxy) is 7. The van der Waals surface area contributed by atoms with Gasteiger partial charge < -0.3 is 138 Å². The minimum Gasteiger partial charge on any atom is -0.508 e. The number of amides is 10. The van der Waals surface area contributed by atoms with Crippen molar-refractivity contribution in [3.8, 4) is 62.9 Å². The summed E-state index contributed by atoms with van der Waals surface area (Å²) >= 11 is 7.29. The maximum absolute atomic E-state index is 16.7. The van der Waals surface area contributed by atoms with E-state index in [1.807, 2.05) is 13.8 Å². The molecule has 37 nitrogen and oxygen atoms in total. The molecule has 2 saturated heterocycles. The van der Waals surface area contributed by atoms with Crippen molar-refractivity contribution in [1.82, 2.24) is 47.9 Å². The SMILES string of the molecule is CN[C@H](CC(C)C)C(=O)N[C@H]1C(=O)N[C@@H](CC(=O)NC(=O)Nc2ccc(OCCN)cc2)C(=O)N[C@H]2C(=O)N[C@H]3C(=O)N[C@H](C(=O)N[C@H](C(=O)NC4C5CC6CC(C5)CC4C6)c4cc(O)cc(O)c4-c4cc3ccc4O)[C@H](O)c3ccc(c(Cl)c3)Oc3cc2cc(c3O[C@@H]2O[C@H](CO)[C@@H](O)[C@H](O)[C@H]2O[C@H]2C[C@](C)(N)[C@H](O)[C@H](C)O2)Oc2ccc(cc2C)[C@H]1O. The first-order chi connectivity index (χ1) is 59.0. The lowest BCUT2D eigenvalue weighted by molar-refractivity contribution is -0.333. The normalized spacial score (nSPS) is 30.5. The highest BCUT2D eigenvalue weighted by molar-refractivity contribution is 6.32. The number of aryl methyl sites for hydroxylation is 1. The molecule has 18 atom stereocenters. The fourth-order valence-corrected chi connectivity index (χ4v) is 18.5. The van der Waals surface area contributed by atoms with Crippen LogP contribution in [-0.2, 0) is 52.6 Å². The smallest absolute Gasteiger partial charge is 0.325 e. The van der Waals surface area contributed by atoms with Crippen molar-refractivity contribution in [3.05, 3.63) is 142 Å². The second-order valence-electron chi connectivity index (χ2n) is 33.9. The Morgan fingerprint density at radius 1 is 0.685 bits per heavy atom. The lowest BCUT2D eigenvalue weighted by atomic mass is 9.54.